The molecule has 21 heavy (non-hydrogen) atoms. The number of aryl methyl sites for hydroxylation is 1. The highest BCUT2D eigenvalue weighted by Gasteiger charge is 2.22. The molecule has 1 saturated heterocycles. The first-order valence-electron chi connectivity index (χ1n) is 7.08. The van der Waals surface area contributed by atoms with Crippen LogP contribution in [0.4, 0.5) is 5.82 Å². The molecule has 2 atom stereocenters. The Kier molecular flexibility index (Phi) is 9.58. The van der Waals surface area contributed by atoms with Crippen molar-refractivity contribution < 1.29 is 4.79 Å². The van der Waals surface area contributed by atoms with Gasteiger partial charge in [-0.1, -0.05) is 6.92 Å². The fraction of sp³-hybridized carbons (Fsp3) is 0.600. The molecule has 0 aliphatic carbocycles. The molecule has 2 N–H and O–H groups in total. The maximum absolute atomic E-state index is 12.0. The average molecular weight is 334 g/mol. The van der Waals surface area contributed by atoms with Gasteiger partial charge in [0.05, 0.1) is 0 Å². The van der Waals surface area contributed by atoms with E-state index in [-0.39, 0.29) is 30.7 Å². The molecule has 2 unspecified atom stereocenters. The van der Waals surface area contributed by atoms with Crippen molar-refractivity contribution >= 4 is 36.5 Å². The minimum atomic E-state index is 0. The second-order valence-corrected chi connectivity index (χ2v) is 5.55. The van der Waals surface area contributed by atoms with Gasteiger partial charge in [0.2, 0.25) is 5.91 Å². The van der Waals surface area contributed by atoms with Crippen molar-refractivity contribution in [2.45, 2.75) is 33.1 Å². The second-order valence-electron chi connectivity index (χ2n) is 5.55. The zero-order valence-corrected chi connectivity index (χ0v) is 14.2. The third-order valence-corrected chi connectivity index (χ3v) is 3.83. The van der Waals surface area contributed by atoms with E-state index in [2.05, 4.69) is 22.5 Å². The maximum atomic E-state index is 12.0. The van der Waals surface area contributed by atoms with Gasteiger partial charge in [-0.15, -0.1) is 24.8 Å². The summed E-state index contributed by atoms with van der Waals surface area (Å²) in [6.07, 6.45) is 4.74. The molecule has 1 fully saturated rings. The molecule has 1 aliphatic heterocycles. The van der Waals surface area contributed by atoms with Crippen molar-refractivity contribution in [2.75, 3.05) is 18.4 Å². The van der Waals surface area contributed by atoms with Gasteiger partial charge >= 0.3 is 0 Å². The molecular formula is C15H25Cl2N3O. The predicted molar refractivity (Wildman–Crippen MR) is 91.5 cm³/mol. The van der Waals surface area contributed by atoms with Crippen molar-refractivity contribution in [1.29, 1.82) is 0 Å². The van der Waals surface area contributed by atoms with Crippen LogP contribution in [-0.4, -0.2) is 24.0 Å². The summed E-state index contributed by atoms with van der Waals surface area (Å²) in [5.41, 5.74) is 1.11. The Morgan fingerprint density at radius 1 is 1.52 bits per heavy atom. The molecule has 4 nitrogen and oxygen atoms in total. The molecule has 6 heteroatoms. The number of nitrogens with one attached hydrogen (secondary N) is 2. The maximum Gasteiger partial charge on any atom is 0.225 e. The normalized spacial score (nSPS) is 18.9. The van der Waals surface area contributed by atoms with Crippen LogP contribution < -0.4 is 10.6 Å². The van der Waals surface area contributed by atoms with Crippen molar-refractivity contribution in [3.63, 3.8) is 0 Å². The Labute approximate surface area is 139 Å². The largest absolute Gasteiger partial charge is 0.316 e. The summed E-state index contributed by atoms with van der Waals surface area (Å²) in [6.45, 7) is 6.31. The van der Waals surface area contributed by atoms with Gasteiger partial charge in [-0.3, -0.25) is 4.79 Å². The quantitative estimate of drug-likeness (QED) is 0.889. The smallest absolute Gasteiger partial charge is 0.225 e. The number of pyridine rings is 1. The summed E-state index contributed by atoms with van der Waals surface area (Å²) < 4.78 is 0. The molecule has 120 valence electrons. The van der Waals surface area contributed by atoms with E-state index in [0.29, 0.717) is 24.1 Å². The number of carbonyl (C=O) groups is 1. The van der Waals surface area contributed by atoms with Crippen LogP contribution in [0.5, 0.6) is 0 Å². The number of hydrogen-bond donors (Lipinski definition) is 2. The van der Waals surface area contributed by atoms with E-state index in [1.54, 1.807) is 6.20 Å². The van der Waals surface area contributed by atoms with E-state index in [0.717, 1.165) is 18.7 Å². The van der Waals surface area contributed by atoms with Crippen LogP contribution in [0.25, 0.3) is 0 Å². The summed E-state index contributed by atoms with van der Waals surface area (Å²) in [6, 6.07) is 3.82. The topological polar surface area (TPSA) is 54.0 Å². The third kappa shape index (κ3) is 6.64. The van der Waals surface area contributed by atoms with E-state index in [1.165, 1.54) is 12.8 Å². The lowest BCUT2D eigenvalue weighted by Gasteiger charge is -2.27. The summed E-state index contributed by atoms with van der Waals surface area (Å²) in [7, 11) is 0. The first-order chi connectivity index (χ1) is 9.15. The molecule has 0 radical (unpaired) electrons. The molecule has 1 amide bonds. The van der Waals surface area contributed by atoms with E-state index >= 15 is 0 Å². The molecule has 0 spiro atoms. The van der Waals surface area contributed by atoms with E-state index in [4.69, 9.17) is 0 Å². The van der Waals surface area contributed by atoms with E-state index in [1.807, 2.05) is 19.1 Å². The number of rotatable bonds is 4. The van der Waals surface area contributed by atoms with E-state index < -0.39 is 0 Å². The number of amides is 1. The minimum Gasteiger partial charge on any atom is -0.316 e. The molecule has 1 aromatic heterocycles. The van der Waals surface area contributed by atoms with Crippen molar-refractivity contribution in [3.8, 4) is 0 Å². The van der Waals surface area contributed by atoms with Gasteiger partial charge in [0.15, 0.2) is 0 Å². The lowest BCUT2D eigenvalue weighted by Crippen LogP contribution is -2.34. The standard InChI is InChI=1S/C15H23N3O.2ClH/c1-11-5-7-17-14(8-11)18-15(19)9-12(2)13-4-3-6-16-10-13;;/h5,7-8,12-13,16H,3-4,6,9-10H2,1-2H3,(H,17,18,19);2*1H. The summed E-state index contributed by atoms with van der Waals surface area (Å²) >= 11 is 0. The van der Waals surface area contributed by atoms with Gasteiger partial charge in [0.1, 0.15) is 5.82 Å². The molecule has 2 heterocycles. The highest BCUT2D eigenvalue weighted by Crippen LogP contribution is 2.22. The number of aromatic nitrogens is 1. The zero-order valence-electron chi connectivity index (χ0n) is 12.6. The Bertz CT molecular complexity index is 437. The Hall–Kier alpha value is -0.840. The molecule has 0 aromatic carbocycles. The van der Waals surface area contributed by atoms with E-state index in [9.17, 15) is 4.79 Å². The highest BCUT2D eigenvalue weighted by atomic mass is 35.5. The predicted octanol–water partition coefficient (Wildman–Crippen LogP) is 3.20. The van der Waals surface area contributed by atoms with Crippen molar-refractivity contribution in [2.24, 2.45) is 11.8 Å². The van der Waals surface area contributed by atoms with Crippen molar-refractivity contribution in [1.82, 2.24) is 10.3 Å². The van der Waals surface area contributed by atoms with Crippen LogP contribution in [0.1, 0.15) is 31.7 Å². The number of piperidine rings is 1. The first kappa shape index (κ1) is 20.2. The fourth-order valence-corrected chi connectivity index (χ4v) is 2.62. The summed E-state index contributed by atoms with van der Waals surface area (Å²) in [5.74, 6) is 1.75. The Morgan fingerprint density at radius 3 is 2.90 bits per heavy atom. The first-order valence-corrected chi connectivity index (χ1v) is 7.08. The average Bonchev–Trinajstić information content (AvgIpc) is 2.39. The molecular weight excluding hydrogens is 309 g/mol. The number of hydrogen-bond acceptors (Lipinski definition) is 3. The van der Waals surface area contributed by atoms with Gasteiger partial charge in [-0.05, 0) is 62.4 Å². The Balaban J connectivity index is 0.00000200. The van der Waals surface area contributed by atoms with Crippen LogP contribution in [-0.2, 0) is 4.79 Å². The SMILES string of the molecule is Cc1ccnc(NC(=O)CC(C)C2CCCNC2)c1.Cl.Cl. The van der Waals surface area contributed by atoms with Gasteiger partial charge in [-0.25, -0.2) is 4.98 Å². The van der Waals surface area contributed by atoms with Crippen LogP contribution in [0.3, 0.4) is 0 Å². The van der Waals surface area contributed by atoms with Crippen LogP contribution in [0, 0.1) is 18.8 Å². The number of halogens is 2. The van der Waals surface area contributed by atoms with Crippen molar-refractivity contribution in [3.05, 3.63) is 23.9 Å². The molecule has 0 bridgehead atoms. The third-order valence-electron chi connectivity index (χ3n) is 3.83. The molecule has 1 aromatic rings. The molecule has 2 rings (SSSR count). The zero-order chi connectivity index (χ0) is 13.7. The van der Waals surface area contributed by atoms with Gasteiger partial charge in [0, 0.05) is 12.6 Å². The fourth-order valence-electron chi connectivity index (χ4n) is 2.62. The second kappa shape index (κ2) is 9.98. The molecule has 0 saturated carbocycles. The lowest BCUT2D eigenvalue weighted by atomic mass is 9.85. The summed E-state index contributed by atoms with van der Waals surface area (Å²) in [5, 5.41) is 6.28. The summed E-state index contributed by atoms with van der Waals surface area (Å²) in [4.78, 5) is 16.2. The van der Waals surface area contributed by atoms with Gasteiger partial charge in [0.25, 0.3) is 0 Å². The van der Waals surface area contributed by atoms with Crippen LogP contribution in [0.15, 0.2) is 18.3 Å². The number of carbonyl (C=O) groups excluding carboxylic acids is 1. The number of nitrogens with zero attached hydrogens (tertiary/aromatic N) is 1. The van der Waals surface area contributed by atoms with Gasteiger partial charge in [-0.2, -0.15) is 0 Å². The highest BCUT2D eigenvalue weighted by molar-refractivity contribution is 5.89. The van der Waals surface area contributed by atoms with Crippen LogP contribution >= 0.6 is 24.8 Å². The minimum absolute atomic E-state index is 0. The Morgan fingerprint density at radius 2 is 2.29 bits per heavy atom. The monoisotopic (exact) mass is 333 g/mol. The van der Waals surface area contributed by atoms with Gasteiger partial charge < -0.3 is 10.6 Å². The molecule has 1 aliphatic rings. The lowest BCUT2D eigenvalue weighted by molar-refractivity contribution is -0.117. The number of anilines is 1. The van der Waals surface area contributed by atoms with Crippen LogP contribution in [0.2, 0.25) is 0 Å².